The van der Waals surface area contributed by atoms with Gasteiger partial charge in [0, 0.05) is 70.7 Å². The Bertz CT molecular complexity index is 788. The fraction of sp³-hybridized carbons (Fsp3) is 0.550. The summed E-state index contributed by atoms with van der Waals surface area (Å²) in [7, 11) is 0. The van der Waals surface area contributed by atoms with Gasteiger partial charge in [-0.2, -0.15) is 0 Å². The fourth-order valence-corrected chi connectivity index (χ4v) is 3.81. The third-order valence-corrected chi connectivity index (χ3v) is 5.45. The smallest absolute Gasteiger partial charge is 0.225 e. The maximum Gasteiger partial charge on any atom is 0.225 e. The summed E-state index contributed by atoms with van der Waals surface area (Å²) in [4.78, 5) is 36.1. The van der Waals surface area contributed by atoms with Crippen LogP contribution in [0.2, 0.25) is 0 Å². The molecular formula is C20H28N8O. The Kier molecular flexibility index (Phi) is 6.33. The second-order valence-corrected chi connectivity index (χ2v) is 7.40. The zero-order valence-electron chi connectivity index (χ0n) is 16.7. The highest BCUT2D eigenvalue weighted by atomic mass is 16.2. The van der Waals surface area contributed by atoms with Gasteiger partial charge in [-0.1, -0.05) is 0 Å². The number of piperidine rings is 1. The van der Waals surface area contributed by atoms with Gasteiger partial charge in [0.15, 0.2) is 0 Å². The Labute approximate surface area is 171 Å². The number of aromatic nitrogens is 4. The van der Waals surface area contributed by atoms with Gasteiger partial charge >= 0.3 is 0 Å². The van der Waals surface area contributed by atoms with Gasteiger partial charge in [-0.05, 0) is 25.3 Å². The van der Waals surface area contributed by atoms with Gasteiger partial charge in [0.1, 0.15) is 18.0 Å². The molecule has 0 unspecified atom stereocenters. The molecule has 0 saturated carbocycles. The molecule has 4 heterocycles. The summed E-state index contributed by atoms with van der Waals surface area (Å²) in [5.74, 6) is 2.64. The number of amides is 1. The summed E-state index contributed by atoms with van der Waals surface area (Å²) in [5.41, 5.74) is 0. The second kappa shape index (κ2) is 9.49. The minimum atomic E-state index is 0.163. The highest BCUT2D eigenvalue weighted by Gasteiger charge is 2.22. The monoisotopic (exact) mass is 396 g/mol. The van der Waals surface area contributed by atoms with Crippen LogP contribution >= 0.6 is 0 Å². The van der Waals surface area contributed by atoms with Crippen LogP contribution in [0, 0.1) is 0 Å². The van der Waals surface area contributed by atoms with Crippen LogP contribution in [0.5, 0.6) is 0 Å². The SMILES string of the molecule is O=C(CCNc1cc(N2CCCCC2)ncn1)N1CCN(c2ncccn2)CC1. The molecule has 0 spiro atoms. The highest BCUT2D eigenvalue weighted by molar-refractivity contribution is 5.77. The summed E-state index contributed by atoms with van der Waals surface area (Å²) < 4.78 is 0. The first-order chi connectivity index (χ1) is 14.3. The van der Waals surface area contributed by atoms with Crippen LogP contribution in [0.1, 0.15) is 25.7 Å². The molecular weight excluding hydrogens is 368 g/mol. The molecule has 2 saturated heterocycles. The van der Waals surface area contributed by atoms with E-state index in [-0.39, 0.29) is 5.91 Å². The van der Waals surface area contributed by atoms with E-state index < -0.39 is 0 Å². The number of hydrogen-bond acceptors (Lipinski definition) is 8. The molecule has 2 aromatic heterocycles. The highest BCUT2D eigenvalue weighted by Crippen LogP contribution is 2.19. The van der Waals surface area contributed by atoms with Crippen LogP contribution in [0.4, 0.5) is 17.6 Å². The van der Waals surface area contributed by atoms with E-state index in [2.05, 4.69) is 35.1 Å². The number of nitrogens with one attached hydrogen (secondary N) is 1. The Balaban J connectivity index is 1.21. The maximum absolute atomic E-state index is 12.5. The van der Waals surface area contributed by atoms with Crippen molar-refractivity contribution >= 4 is 23.5 Å². The predicted molar refractivity (Wildman–Crippen MR) is 112 cm³/mol. The number of hydrogen-bond donors (Lipinski definition) is 1. The molecule has 0 bridgehead atoms. The lowest BCUT2D eigenvalue weighted by Gasteiger charge is -2.34. The lowest BCUT2D eigenvalue weighted by Crippen LogP contribution is -2.49. The predicted octanol–water partition coefficient (Wildman–Crippen LogP) is 1.41. The van der Waals surface area contributed by atoms with Gasteiger partial charge in [-0.15, -0.1) is 0 Å². The summed E-state index contributed by atoms with van der Waals surface area (Å²) in [6.07, 6.45) is 9.26. The first-order valence-electron chi connectivity index (χ1n) is 10.4. The molecule has 2 aromatic rings. The van der Waals surface area contributed by atoms with Crippen LogP contribution < -0.4 is 15.1 Å². The first kappa shape index (κ1) is 19.4. The second-order valence-electron chi connectivity index (χ2n) is 7.40. The molecule has 9 nitrogen and oxygen atoms in total. The van der Waals surface area contributed by atoms with E-state index in [1.54, 1.807) is 18.7 Å². The average Bonchev–Trinajstić information content (AvgIpc) is 2.80. The van der Waals surface area contributed by atoms with Gasteiger partial charge in [-0.25, -0.2) is 19.9 Å². The van der Waals surface area contributed by atoms with Crippen molar-refractivity contribution in [3.63, 3.8) is 0 Å². The molecule has 0 radical (unpaired) electrons. The topological polar surface area (TPSA) is 90.4 Å². The molecule has 154 valence electrons. The van der Waals surface area contributed by atoms with Gasteiger partial charge in [-0.3, -0.25) is 4.79 Å². The molecule has 0 atom stereocenters. The van der Waals surface area contributed by atoms with E-state index in [1.807, 2.05) is 17.0 Å². The first-order valence-corrected chi connectivity index (χ1v) is 10.4. The van der Waals surface area contributed by atoms with E-state index in [4.69, 9.17) is 0 Å². The molecule has 0 aromatic carbocycles. The van der Waals surface area contributed by atoms with E-state index in [0.717, 1.165) is 43.8 Å². The van der Waals surface area contributed by atoms with Crippen LogP contribution in [0.3, 0.4) is 0 Å². The van der Waals surface area contributed by atoms with Gasteiger partial charge < -0.3 is 20.0 Å². The largest absolute Gasteiger partial charge is 0.369 e. The maximum atomic E-state index is 12.5. The molecule has 29 heavy (non-hydrogen) atoms. The van der Waals surface area contributed by atoms with Crippen LogP contribution in [-0.4, -0.2) is 76.6 Å². The van der Waals surface area contributed by atoms with Crippen molar-refractivity contribution in [3.05, 3.63) is 30.9 Å². The molecule has 1 amide bonds. The van der Waals surface area contributed by atoms with Crippen LogP contribution in [0.15, 0.2) is 30.9 Å². The van der Waals surface area contributed by atoms with Crippen molar-refractivity contribution in [2.24, 2.45) is 0 Å². The summed E-state index contributed by atoms with van der Waals surface area (Å²) in [6.45, 7) is 5.58. The van der Waals surface area contributed by atoms with Gasteiger partial charge in [0.05, 0.1) is 0 Å². The van der Waals surface area contributed by atoms with Crippen LogP contribution in [-0.2, 0) is 4.79 Å². The Morgan fingerprint density at radius 2 is 1.66 bits per heavy atom. The Morgan fingerprint density at radius 1 is 0.897 bits per heavy atom. The van der Waals surface area contributed by atoms with E-state index in [9.17, 15) is 4.79 Å². The minimum absolute atomic E-state index is 0.163. The number of rotatable bonds is 6. The van der Waals surface area contributed by atoms with Crippen molar-refractivity contribution in [1.29, 1.82) is 0 Å². The number of carbonyl (C=O) groups excluding carboxylic acids is 1. The van der Waals surface area contributed by atoms with E-state index in [1.165, 1.54) is 19.3 Å². The van der Waals surface area contributed by atoms with E-state index >= 15 is 0 Å². The van der Waals surface area contributed by atoms with Crippen molar-refractivity contribution in [2.45, 2.75) is 25.7 Å². The molecule has 0 aliphatic carbocycles. The molecule has 4 rings (SSSR count). The zero-order valence-corrected chi connectivity index (χ0v) is 16.7. The summed E-state index contributed by atoms with van der Waals surface area (Å²) in [5, 5.41) is 3.27. The molecule has 9 heteroatoms. The average molecular weight is 396 g/mol. The van der Waals surface area contributed by atoms with Crippen LogP contribution in [0.25, 0.3) is 0 Å². The number of nitrogens with zero attached hydrogens (tertiary/aromatic N) is 7. The van der Waals surface area contributed by atoms with Gasteiger partial charge in [0.25, 0.3) is 0 Å². The quantitative estimate of drug-likeness (QED) is 0.784. The number of carbonyl (C=O) groups is 1. The number of anilines is 3. The molecule has 2 aliphatic heterocycles. The summed E-state index contributed by atoms with van der Waals surface area (Å²) >= 11 is 0. The fourth-order valence-electron chi connectivity index (χ4n) is 3.81. The van der Waals surface area contributed by atoms with Gasteiger partial charge in [0.2, 0.25) is 11.9 Å². The lowest BCUT2D eigenvalue weighted by atomic mass is 10.1. The summed E-state index contributed by atoms with van der Waals surface area (Å²) in [6, 6.07) is 3.79. The third-order valence-electron chi connectivity index (χ3n) is 5.45. The van der Waals surface area contributed by atoms with Crippen molar-refractivity contribution in [2.75, 3.05) is 60.9 Å². The van der Waals surface area contributed by atoms with E-state index in [0.29, 0.717) is 26.1 Å². The molecule has 2 fully saturated rings. The Hall–Kier alpha value is -2.97. The van der Waals surface area contributed by atoms with Crippen molar-refractivity contribution < 1.29 is 4.79 Å². The zero-order chi connectivity index (χ0) is 19.9. The third kappa shape index (κ3) is 5.10. The normalized spacial score (nSPS) is 17.3. The molecule has 2 aliphatic rings. The van der Waals surface area contributed by atoms with Crippen molar-refractivity contribution in [1.82, 2.24) is 24.8 Å². The lowest BCUT2D eigenvalue weighted by molar-refractivity contribution is -0.131. The molecule has 1 N–H and O–H groups in total. The Morgan fingerprint density at radius 3 is 2.41 bits per heavy atom. The number of piperazine rings is 1. The standard InChI is InChI=1S/C20H28N8O/c29-19(27-11-13-28(14-12-27)20-22-6-4-7-23-20)5-8-21-17-15-18(25-16-24-17)26-9-2-1-3-10-26/h4,6-7,15-16H,1-3,5,8-14H2,(H,21,24,25). The minimum Gasteiger partial charge on any atom is -0.369 e. The van der Waals surface area contributed by atoms with Crippen molar-refractivity contribution in [3.8, 4) is 0 Å².